The fourth-order valence-corrected chi connectivity index (χ4v) is 2.43. The molecule has 4 nitrogen and oxygen atoms in total. The van der Waals surface area contributed by atoms with E-state index >= 15 is 0 Å². The van der Waals surface area contributed by atoms with Gasteiger partial charge < -0.3 is 16.6 Å². The first kappa shape index (κ1) is 23.7. The van der Waals surface area contributed by atoms with E-state index in [1.165, 1.54) is 51.4 Å². The maximum absolute atomic E-state index is 11.1. The van der Waals surface area contributed by atoms with Crippen molar-refractivity contribution in [2.75, 3.05) is 0 Å². The monoisotopic (exact) mass is 309 g/mol. The van der Waals surface area contributed by atoms with E-state index in [4.69, 9.17) is 16.6 Å². The summed E-state index contributed by atoms with van der Waals surface area (Å²) in [5.41, 5.74) is 10.3. The molecule has 2 atom stereocenters. The number of hydrogen-bond donors (Lipinski definition) is 3. The Labute approximate surface area is 152 Å². The van der Waals surface area contributed by atoms with Gasteiger partial charge in [0.05, 0.1) is 0 Å². The van der Waals surface area contributed by atoms with Gasteiger partial charge in [-0.25, -0.2) is 0 Å². The molecule has 0 heterocycles. The minimum absolute atomic E-state index is 0. The van der Waals surface area contributed by atoms with E-state index in [0.29, 0.717) is 6.42 Å². The van der Waals surface area contributed by atoms with Crippen LogP contribution in [-0.2, 0) is 4.79 Å². The van der Waals surface area contributed by atoms with Gasteiger partial charge in [-0.3, -0.25) is 4.79 Å². The topological polar surface area (TPSA) is 89.3 Å². The normalized spacial score (nSPS) is 15.0. The number of rotatable bonds is 13. The van der Waals surface area contributed by atoms with Crippen molar-refractivity contribution >= 4 is 5.97 Å². The SMILES string of the molecule is CCCCCCCCCCCCC(N)(C(=O)O)C(C)N.[Na+]. The van der Waals surface area contributed by atoms with Crippen LogP contribution < -0.4 is 41.0 Å². The molecule has 5 N–H and O–H groups in total. The van der Waals surface area contributed by atoms with Gasteiger partial charge in [-0.05, 0) is 13.3 Å². The Hall–Kier alpha value is 0.390. The van der Waals surface area contributed by atoms with Gasteiger partial charge in [0.15, 0.2) is 0 Å². The van der Waals surface area contributed by atoms with E-state index < -0.39 is 17.6 Å². The number of nitrogens with two attached hydrogens (primary N) is 2. The van der Waals surface area contributed by atoms with Gasteiger partial charge in [-0.2, -0.15) is 0 Å². The summed E-state index contributed by atoms with van der Waals surface area (Å²) in [6.45, 7) is 3.90. The minimum atomic E-state index is -1.26. The third-order valence-electron chi connectivity index (χ3n) is 4.15. The zero-order valence-corrected chi connectivity index (χ0v) is 16.4. The number of carboxylic acid groups (broad SMARTS) is 1. The van der Waals surface area contributed by atoms with Gasteiger partial charge >= 0.3 is 35.5 Å². The molecule has 0 spiro atoms. The Morgan fingerprint density at radius 2 is 1.38 bits per heavy atom. The van der Waals surface area contributed by atoms with E-state index in [2.05, 4.69) is 6.92 Å². The van der Waals surface area contributed by atoms with Gasteiger partial charge in [0, 0.05) is 6.04 Å². The largest absolute Gasteiger partial charge is 1.00 e. The fourth-order valence-electron chi connectivity index (χ4n) is 2.43. The quantitative estimate of drug-likeness (QED) is 0.340. The van der Waals surface area contributed by atoms with E-state index in [-0.39, 0.29) is 29.6 Å². The van der Waals surface area contributed by atoms with Crippen molar-refractivity contribution in [3.63, 3.8) is 0 Å². The first-order valence-electron chi connectivity index (χ1n) is 8.23. The van der Waals surface area contributed by atoms with E-state index in [1.54, 1.807) is 6.92 Å². The van der Waals surface area contributed by atoms with Gasteiger partial charge in [0.1, 0.15) is 5.54 Å². The molecular weight excluding hydrogens is 275 g/mol. The zero-order chi connectivity index (χ0) is 15.4. The van der Waals surface area contributed by atoms with Gasteiger partial charge in [-0.1, -0.05) is 71.1 Å². The number of carboxylic acids is 1. The number of unbranched alkanes of at least 4 members (excludes halogenated alkanes) is 9. The third kappa shape index (κ3) is 10.7. The van der Waals surface area contributed by atoms with Crippen LogP contribution >= 0.6 is 0 Å². The van der Waals surface area contributed by atoms with Crippen molar-refractivity contribution < 1.29 is 39.5 Å². The molecule has 120 valence electrons. The van der Waals surface area contributed by atoms with Crippen LogP contribution in [0.15, 0.2) is 0 Å². The van der Waals surface area contributed by atoms with Gasteiger partial charge in [-0.15, -0.1) is 0 Å². The molecule has 0 bridgehead atoms. The molecule has 2 unspecified atom stereocenters. The molecule has 0 amide bonds. The predicted molar refractivity (Wildman–Crippen MR) is 84.7 cm³/mol. The van der Waals surface area contributed by atoms with Crippen molar-refractivity contribution in [3.05, 3.63) is 0 Å². The first-order chi connectivity index (χ1) is 9.45. The maximum Gasteiger partial charge on any atom is 1.00 e. The summed E-state index contributed by atoms with van der Waals surface area (Å²) in [4.78, 5) is 11.1. The Bertz CT molecular complexity index is 263. The molecule has 0 aromatic heterocycles. The van der Waals surface area contributed by atoms with Crippen molar-refractivity contribution in [1.29, 1.82) is 0 Å². The Morgan fingerprint density at radius 3 is 1.71 bits per heavy atom. The second-order valence-corrected chi connectivity index (χ2v) is 6.07. The summed E-state index contributed by atoms with van der Waals surface area (Å²) >= 11 is 0. The Balaban J connectivity index is 0. The smallest absolute Gasteiger partial charge is 0.480 e. The van der Waals surface area contributed by atoms with Crippen LogP contribution in [0, 0.1) is 0 Å². The average Bonchev–Trinajstić information content (AvgIpc) is 2.40. The number of carbonyl (C=O) groups is 1. The van der Waals surface area contributed by atoms with E-state index in [0.717, 1.165) is 12.8 Å². The summed E-state index contributed by atoms with van der Waals surface area (Å²) in [5, 5.41) is 9.14. The molecule has 0 aliphatic rings. The standard InChI is InChI=1S/C16H34N2O2.Na/c1-3-4-5-6-7-8-9-10-11-12-13-16(18,14(2)17)15(19)20;/h14H,3-13,17-18H2,1-2H3,(H,19,20);/q;+1. The second kappa shape index (κ2) is 14.0. The van der Waals surface area contributed by atoms with Crippen LogP contribution in [0.3, 0.4) is 0 Å². The Kier molecular flexibility index (Phi) is 15.8. The van der Waals surface area contributed by atoms with Crippen LogP contribution in [0.2, 0.25) is 0 Å². The molecule has 0 rings (SSSR count). The van der Waals surface area contributed by atoms with Crippen LogP contribution in [0.5, 0.6) is 0 Å². The minimum Gasteiger partial charge on any atom is -0.480 e. The molecule has 5 heteroatoms. The summed E-state index contributed by atoms with van der Waals surface area (Å²) in [6, 6.07) is -0.515. The van der Waals surface area contributed by atoms with Crippen LogP contribution in [-0.4, -0.2) is 22.7 Å². The molecule has 0 aromatic carbocycles. The first-order valence-corrected chi connectivity index (χ1v) is 8.23. The van der Waals surface area contributed by atoms with E-state index in [1.807, 2.05) is 0 Å². The maximum atomic E-state index is 11.1. The molecule has 0 radical (unpaired) electrons. The van der Waals surface area contributed by atoms with Crippen molar-refractivity contribution in [1.82, 2.24) is 0 Å². The Morgan fingerprint density at radius 1 is 1.00 bits per heavy atom. The fraction of sp³-hybridized carbons (Fsp3) is 0.938. The predicted octanol–water partition coefficient (Wildman–Crippen LogP) is 0.431. The third-order valence-corrected chi connectivity index (χ3v) is 4.15. The molecule has 0 aliphatic carbocycles. The number of aliphatic carboxylic acids is 1. The molecular formula is C16H34N2NaO2+. The second-order valence-electron chi connectivity index (χ2n) is 6.07. The number of hydrogen-bond acceptors (Lipinski definition) is 3. The summed E-state index contributed by atoms with van der Waals surface area (Å²) in [7, 11) is 0. The molecule has 0 saturated heterocycles. The molecule has 0 aliphatic heterocycles. The molecule has 0 saturated carbocycles. The van der Waals surface area contributed by atoms with Crippen molar-refractivity contribution in [3.8, 4) is 0 Å². The average molecular weight is 309 g/mol. The molecule has 0 aromatic rings. The van der Waals surface area contributed by atoms with Gasteiger partial charge in [0.25, 0.3) is 0 Å². The van der Waals surface area contributed by atoms with Gasteiger partial charge in [0.2, 0.25) is 0 Å². The zero-order valence-electron chi connectivity index (χ0n) is 14.4. The van der Waals surface area contributed by atoms with Crippen LogP contribution in [0.25, 0.3) is 0 Å². The summed E-state index contributed by atoms with van der Waals surface area (Å²) in [6.07, 6.45) is 12.8. The van der Waals surface area contributed by atoms with Crippen LogP contribution in [0.4, 0.5) is 0 Å². The van der Waals surface area contributed by atoms with Crippen molar-refractivity contribution in [2.45, 2.75) is 96.1 Å². The van der Waals surface area contributed by atoms with E-state index in [9.17, 15) is 4.79 Å². The van der Waals surface area contributed by atoms with Crippen molar-refractivity contribution in [2.24, 2.45) is 11.5 Å². The van der Waals surface area contributed by atoms with Crippen LogP contribution in [0.1, 0.15) is 84.5 Å². The summed E-state index contributed by atoms with van der Waals surface area (Å²) in [5.74, 6) is -0.983. The molecule has 0 fully saturated rings. The molecule has 21 heavy (non-hydrogen) atoms. The summed E-state index contributed by atoms with van der Waals surface area (Å²) < 4.78 is 0.